The third kappa shape index (κ3) is 2.52. The molecule has 3 rings (SSSR count). The van der Waals surface area contributed by atoms with Gasteiger partial charge in [-0.3, -0.25) is 4.79 Å². The highest BCUT2D eigenvalue weighted by Gasteiger charge is 2.27. The highest BCUT2D eigenvalue weighted by molar-refractivity contribution is 7.22. The van der Waals surface area contributed by atoms with Gasteiger partial charge in [-0.05, 0) is 44.6 Å². The van der Waals surface area contributed by atoms with Crippen molar-refractivity contribution in [1.82, 2.24) is 9.88 Å². The molecule has 3 heterocycles. The van der Waals surface area contributed by atoms with E-state index in [9.17, 15) is 4.79 Å². The molecule has 1 amide bonds. The van der Waals surface area contributed by atoms with Crippen molar-refractivity contribution in [1.29, 1.82) is 0 Å². The van der Waals surface area contributed by atoms with Crippen molar-refractivity contribution in [3.8, 4) is 9.88 Å². The van der Waals surface area contributed by atoms with Crippen LogP contribution in [0.5, 0.6) is 0 Å². The van der Waals surface area contributed by atoms with Gasteiger partial charge in [0.1, 0.15) is 9.88 Å². The number of likely N-dealkylation sites (tertiary alicyclic amines) is 1. The number of rotatable bonds is 2. The average molecular weight is 306 g/mol. The van der Waals surface area contributed by atoms with Gasteiger partial charge in [0.15, 0.2) is 0 Å². The summed E-state index contributed by atoms with van der Waals surface area (Å²) < 4.78 is 0. The van der Waals surface area contributed by atoms with E-state index in [4.69, 9.17) is 0 Å². The van der Waals surface area contributed by atoms with E-state index in [0.717, 1.165) is 39.8 Å². The number of nitrogens with zero attached hydrogens (tertiary/aromatic N) is 2. The Bertz CT molecular complexity index is 603. The Labute approximate surface area is 127 Å². The minimum atomic E-state index is 0.162. The van der Waals surface area contributed by atoms with Gasteiger partial charge in [0.25, 0.3) is 5.91 Å². The quantitative estimate of drug-likeness (QED) is 0.833. The van der Waals surface area contributed by atoms with Gasteiger partial charge in [-0.25, -0.2) is 4.98 Å². The number of carbonyl (C=O) groups excluding carboxylic acids is 1. The van der Waals surface area contributed by atoms with Crippen molar-refractivity contribution >= 4 is 28.6 Å². The molecule has 5 heteroatoms. The van der Waals surface area contributed by atoms with Crippen LogP contribution in [0.4, 0.5) is 0 Å². The molecule has 1 fully saturated rings. The van der Waals surface area contributed by atoms with E-state index in [0.29, 0.717) is 6.04 Å². The van der Waals surface area contributed by atoms with Crippen LogP contribution in [0.2, 0.25) is 0 Å². The Morgan fingerprint density at radius 1 is 1.45 bits per heavy atom. The molecule has 0 radical (unpaired) electrons. The van der Waals surface area contributed by atoms with Gasteiger partial charge in [-0.1, -0.05) is 6.07 Å². The van der Waals surface area contributed by atoms with Crippen LogP contribution in [-0.4, -0.2) is 28.4 Å². The fourth-order valence-electron chi connectivity index (χ4n) is 2.63. The molecule has 1 aliphatic heterocycles. The second kappa shape index (κ2) is 5.66. The monoisotopic (exact) mass is 306 g/mol. The van der Waals surface area contributed by atoms with Crippen LogP contribution in [0.15, 0.2) is 17.5 Å². The first-order valence-corrected chi connectivity index (χ1v) is 8.68. The Morgan fingerprint density at radius 2 is 2.30 bits per heavy atom. The lowest BCUT2D eigenvalue weighted by Crippen LogP contribution is -2.41. The lowest BCUT2D eigenvalue weighted by molar-refractivity contribution is 0.0639. The van der Waals surface area contributed by atoms with E-state index in [1.54, 1.807) is 11.3 Å². The van der Waals surface area contributed by atoms with Gasteiger partial charge in [-0.15, -0.1) is 22.7 Å². The third-order valence-corrected chi connectivity index (χ3v) is 5.97. The highest BCUT2D eigenvalue weighted by atomic mass is 32.1. The summed E-state index contributed by atoms with van der Waals surface area (Å²) in [5.41, 5.74) is 0.862. The Hall–Kier alpha value is -1.20. The fraction of sp³-hybridized carbons (Fsp3) is 0.467. The number of aromatic nitrogens is 1. The summed E-state index contributed by atoms with van der Waals surface area (Å²) in [6.45, 7) is 4.97. The van der Waals surface area contributed by atoms with E-state index in [1.165, 1.54) is 17.8 Å². The smallest absolute Gasteiger partial charge is 0.266 e. The summed E-state index contributed by atoms with van der Waals surface area (Å²) in [6.07, 6.45) is 3.46. The molecule has 0 aliphatic carbocycles. The summed E-state index contributed by atoms with van der Waals surface area (Å²) in [5.74, 6) is 0.162. The van der Waals surface area contributed by atoms with E-state index in [1.807, 2.05) is 23.3 Å². The molecular formula is C15H18N2OS2. The zero-order valence-electron chi connectivity index (χ0n) is 11.8. The molecule has 1 atom stereocenters. The van der Waals surface area contributed by atoms with E-state index < -0.39 is 0 Å². The highest BCUT2D eigenvalue weighted by Crippen LogP contribution is 2.32. The second-order valence-electron chi connectivity index (χ2n) is 5.25. The summed E-state index contributed by atoms with van der Waals surface area (Å²) in [7, 11) is 0. The van der Waals surface area contributed by atoms with Crippen LogP contribution in [0.3, 0.4) is 0 Å². The van der Waals surface area contributed by atoms with Crippen molar-refractivity contribution in [2.24, 2.45) is 0 Å². The molecule has 0 bridgehead atoms. The molecule has 1 aliphatic rings. The lowest BCUT2D eigenvalue weighted by atomic mass is 10.0. The molecule has 1 unspecified atom stereocenters. The SMILES string of the molecule is Cc1nc(-c2cccs2)sc1C(=O)N1CCCCC1C. The Kier molecular flexibility index (Phi) is 3.89. The number of hydrogen-bond acceptors (Lipinski definition) is 4. The van der Waals surface area contributed by atoms with E-state index >= 15 is 0 Å². The average Bonchev–Trinajstić information content (AvgIpc) is 3.07. The van der Waals surface area contributed by atoms with Gasteiger partial charge in [0, 0.05) is 12.6 Å². The number of aryl methyl sites for hydroxylation is 1. The maximum Gasteiger partial charge on any atom is 0.266 e. The predicted octanol–water partition coefficient (Wildman–Crippen LogP) is 4.19. The van der Waals surface area contributed by atoms with Crippen molar-refractivity contribution in [2.45, 2.75) is 39.2 Å². The summed E-state index contributed by atoms with van der Waals surface area (Å²) >= 11 is 3.20. The molecule has 2 aromatic rings. The summed E-state index contributed by atoms with van der Waals surface area (Å²) in [4.78, 5) is 21.3. The maximum absolute atomic E-state index is 12.7. The number of thiophene rings is 1. The molecule has 106 valence electrons. The molecule has 20 heavy (non-hydrogen) atoms. The van der Waals surface area contributed by atoms with Crippen molar-refractivity contribution in [2.75, 3.05) is 6.54 Å². The number of carbonyl (C=O) groups is 1. The van der Waals surface area contributed by atoms with Gasteiger partial charge >= 0.3 is 0 Å². The van der Waals surface area contributed by atoms with Gasteiger partial charge in [0.2, 0.25) is 0 Å². The minimum absolute atomic E-state index is 0.162. The van der Waals surface area contributed by atoms with E-state index in [-0.39, 0.29) is 5.91 Å². The predicted molar refractivity (Wildman–Crippen MR) is 84.5 cm³/mol. The fourth-order valence-corrected chi connectivity index (χ4v) is 4.45. The Morgan fingerprint density at radius 3 is 3.00 bits per heavy atom. The van der Waals surface area contributed by atoms with Crippen molar-refractivity contribution in [3.63, 3.8) is 0 Å². The lowest BCUT2D eigenvalue weighted by Gasteiger charge is -2.33. The molecule has 0 aromatic carbocycles. The van der Waals surface area contributed by atoms with Gasteiger partial charge in [-0.2, -0.15) is 0 Å². The first-order chi connectivity index (χ1) is 9.66. The third-order valence-electron chi connectivity index (χ3n) is 3.79. The zero-order chi connectivity index (χ0) is 14.1. The largest absolute Gasteiger partial charge is 0.335 e. The van der Waals surface area contributed by atoms with Crippen LogP contribution in [-0.2, 0) is 0 Å². The Balaban J connectivity index is 1.88. The summed E-state index contributed by atoms with van der Waals surface area (Å²) in [5, 5.41) is 3.01. The first-order valence-electron chi connectivity index (χ1n) is 6.99. The van der Waals surface area contributed by atoms with Crippen molar-refractivity contribution in [3.05, 3.63) is 28.1 Å². The summed E-state index contributed by atoms with van der Waals surface area (Å²) in [6, 6.07) is 4.42. The number of piperidine rings is 1. The first kappa shape index (κ1) is 13.8. The topological polar surface area (TPSA) is 33.2 Å². The molecule has 0 spiro atoms. The van der Waals surface area contributed by atoms with Crippen LogP contribution in [0, 0.1) is 6.92 Å². The van der Waals surface area contributed by atoms with E-state index in [2.05, 4.69) is 18.0 Å². The second-order valence-corrected chi connectivity index (χ2v) is 7.20. The molecular weight excluding hydrogens is 288 g/mol. The molecule has 3 nitrogen and oxygen atoms in total. The van der Waals surface area contributed by atoms with Gasteiger partial charge < -0.3 is 4.90 Å². The molecule has 1 saturated heterocycles. The van der Waals surface area contributed by atoms with Crippen LogP contribution in [0.1, 0.15) is 41.6 Å². The minimum Gasteiger partial charge on any atom is -0.335 e. The number of amides is 1. The van der Waals surface area contributed by atoms with Gasteiger partial charge in [0.05, 0.1) is 10.6 Å². The molecule has 0 N–H and O–H groups in total. The normalized spacial score (nSPS) is 19.3. The molecule has 2 aromatic heterocycles. The zero-order valence-corrected chi connectivity index (χ0v) is 13.4. The standard InChI is InChI=1S/C15H18N2OS2/c1-10-6-3-4-8-17(10)15(18)13-11(2)16-14(20-13)12-7-5-9-19-12/h5,7,9-10H,3-4,6,8H2,1-2H3. The van der Waals surface area contributed by atoms with Crippen LogP contribution in [0.25, 0.3) is 9.88 Å². The molecule has 0 saturated carbocycles. The van der Waals surface area contributed by atoms with Crippen LogP contribution >= 0.6 is 22.7 Å². The number of hydrogen-bond donors (Lipinski definition) is 0. The van der Waals surface area contributed by atoms with Crippen molar-refractivity contribution < 1.29 is 4.79 Å². The van der Waals surface area contributed by atoms with Crippen LogP contribution < -0.4 is 0 Å². The number of thiazole rings is 1. The maximum atomic E-state index is 12.7.